The molecular weight excluding hydrogens is 346 g/mol. The number of dihydropyridines is 1. The molecule has 148 valence electrons. The van der Waals surface area contributed by atoms with Crippen molar-refractivity contribution >= 4 is 22.3 Å². The molecule has 2 aliphatic rings. The Bertz CT molecular complexity index is 1080. The zero-order valence-corrected chi connectivity index (χ0v) is 18.2. The van der Waals surface area contributed by atoms with Crippen LogP contribution in [0.2, 0.25) is 0 Å². The fourth-order valence-corrected chi connectivity index (χ4v) is 4.06. The minimum Gasteiger partial charge on any atom is -0.505 e. The number of aryl methyl sites for hydroxylation is 1. The van der Waals surface area contributed by atoms with Crippen molar-refractivity contribution in [3.63, 3.8) is 0 Å². The summed E-state index contributed by atoms with van der Waals surface area (Å²) in [5.74, 6) is 1.21. The number of hydrogen-bond acceptors (Lipinski definition) is 3. The second-order valence-corrected chi connectivity index (χ2v) is 10.2. The first-order valence-electron chi connectivity index (χ1n) is 10.0. The molecule has 28 heavy (non-hydrogen) atoms. The van der Waals surface area contributed by atoms with Crippen LogP contribution in [-0.4, -0.2) is 20.7 Å². The molecule has 4 heteroatoms. The Balaban J connectivity index is 2.05. The van der Waals surface area contributed by atoms with Gasteiger partial charge in [0.05, 0.1) is 11.6 Å². The second kappa shape index (κ2) is 5.76. The Labute approximate surface area is 167 Å². The quantitative estimate of drug-likeness (QED) is 0.633. The van der Waals surface area contributed by atoms with Crippen LogP contribution in [0.25, 0.3) is 22.3 Å². The van der Waals surface area contributed by atoms with Crippen LogP contribution in [0.1, 0.15) is 58.5 Å². The summed E-state index contributed by atoms with van der Waals surface area (Å²) in [4.78, 5) is 4.92. The van der Waals surface area contributed by atoms with Crippen molar-refractivity contribution in [2.24, 2.45) is 10.8 Å². The lowest BCUT2D eigenvalue weighted by Crippen LogP contribution is -2.39. The third-order valence-electron chi connectivity index (χ3n) is 5.91. The smallest absolute Gasteiger partial charge is 0.146 e. The van der Waals surface area contributed by atoms with Gasteiger partial charge >= 0.3 is 0 Å². The molecule has 4 nitrogen and oxygen atoms in total. The topological polar surface area (TPSA) is 50.1 Å². The van der Waals surface area contributed by atoms with Crippen LogP contribution in [0, 0.1) is 24.7 Å². The van der Waals surface area contributed by atoms with E-state index in [2.05, 4.69) is 75.7 Å². The predicted molar refractivity (Wildman–Crippen MR) is 117 cm³/mol. The van der Waals surface area contributed by atoms with Crippen LogP contribution >= 0.6 is 0 Å². The summed E-state index contributed by atoms with van der Waals surface area (Å²) in [7, 11) is 0. The zero-order chi connectivity index (χ0) is 20.6. The van der Waals surface area contributed by atoms with E-state index in [1.807, 2.05) is 13.8 Å². The van der Waals surface area contributed by atoms with Gasteiger partial charge in [0.15, 0.2) is 0 Å². The van der Waals surface area contributed by atoms with Crippen molar-refractivity contribution in [1.82, 2.24) is 14.9 Å². The number of aromatic hydroxyl groups is 1. The molecule has 0 amide bonds. The summed E-state index contributed by atoms with van der Waals surface area (Å²) in [5, 5.41) is 14.5. The van der Waals surface area contributed by atoms with Gasteiger partial charge in [0.25, 0.3) is 0 Å². The molecular formula is C24H31N3O. The first-order valence-corrected chi connectivity index (χ1v) is 10.0. The number of phenolic OH excluding ortho intramolecular Hbond substituents is 1. The third-order valence-corrected chi connectivity index (χ3v) is 5.91. The molecule has 1 unspecified atom stereocenters. The summed E-state index contributed by atoms with van der Waals surface area (Å²) in [6, 6.07) is 2.23. The minimum absolute atomic E-state index is 0.0574. The van der Waals surface area contributed by atoms with E-state index in [0.717, 1.165) is 28.0 Å². The van der Waals surface area contributed by atoms with Crippen LogP contribution in [0.4, 0.5) is 0 Å². The van der Waals surface area contributed by atoms with Crippen molar-refractivity contribution in [2.45, 2.75) is 61.4 Å². The number of phenols is 1. The Morgan fingerprint density at radius 1 is 1.04 bits per heavy atom. The van der Waals surface area contributed by atoms with E-state index >= 15 is 0 Å². The summed E-state index contributed by atoms with van der Waals surface area (Å²) >= 11 is 0. The van der Waals surface area contributed by atoms with Gasteiger partial charge in [-0.3, -0.25) is 4.57 Å². The molecule has 0 radical (unpaired) electrons. The van der Waals surface area contributed by atoms with Crippen LogP contribution < -0.4 is 5.32 Å². The fourth-order valence-electron chi connectivity index (χ4n) is 4.06. The van der Waals surface area contributed by atoms with Crippen molar-refractivity contribution in [1.29, 1.82) is 0 Å². The second-order valence-electron chi connectivity index (χ2n) is 10.2. The van der Waals surface area contributed by atoms with Crippen LogP contribution in [0.3, 0.4) is 0 Å². The van der Waals surface area contributed by atoms with Crippen LogP contribution in [-0.2, 0) is 0 Å². The first kappa shape index (κ1) is 18.9. The van der Waals surface area contributed by atoms with Gasteiger partial charge in [0.2, 0.25) is 0 Å². The number of rotatable bonds is 0. The molecule has 0 fully saturated rings. The largest absolute Gasteiger partial charge is 0.505 e. The summed E-state index contributed by atoms with van der Waals surface area (Å²) in [6.07, 6.45) is 6.68. The molecule has 0 bridgehead atoms. The van der Waals surface area contributed by atoms with E-state index in [1.54, 1.807) is 0 Å². The standard InChI is InChI=1S/C24H31N3O/c1-13-11-17-20(21(28)14(13)2)26-22-15-9-10-18(23(3,4)5)25-16(15)12-19(27(17)22)24(6,7)8/h9-12,16,25,28H,1-8H3. The van der Waals surface area contributed by atoms with E-state index in [9.17, 15) is 5.11 Å². The zero-order valence-electron chi connectivity index (χ0n) is 18.2. The minimum atomic E-state index is -0.0624. The number of benzene rings is 1. The number of nitrogens with one attached hydrogen (secondary N) is 1. The monoisotopic (exact) mass is 377 g/mol. The number of fused-ring (bicyclic) bond motifs is 5. The van der Waals surface area contributed by atoms with E-state index in [0.29, 0.717) is 5.52 Å². The van der Waals surface area contributed by atoms with Gasteiger partial charge in [0, 0.05) is 27.8 Å². The molecule has 3 heterocycles. The summed E-state index contributed by atoms with van der Waals surface area (Å²) < 4.78 is 2.24. The van der Waals surface area contributed by atoms with Gasteiger partial charge in [-0.25, -0.2) is 4.98 Å². The van der Waals surface area contributed by atoms with Gasteiger partial charge in [-0.15, -0.1) is 0 Å². The Morgan fingerprint density at radius 2 is 1.71 bits per heavy atom. The maximum Gasteiger partial charge on any atom is 0.146 e. The maximum atomic E-state index is 10.8. The van der Waals surface area contributed by atoms with Gasteiger partial charge in [-0.1, -0.05) is 47.6 Å². The highest BCUT2D eigenvalue weighted by molar-refractivity contribution is 5.93. The molecule has 1 atom stereocenters. The molecule has 1 aromatic carbocycles. The average molecular weight is 378 g/mol. The fraction of sp³-hybridized carbons (Fsp3) is 0.458. The Kier molecular flexibility index (Phi) is 3.88. The SMILES string of the molecule is Cc1cc2c(nc3n2C(C(C)(C)C)=CC2NC(C(C)(C)C)=CC=C32)c(O)c1C. The van der Waals surface area contributed by atoms with E-state index in [1.165, 1.54) is 11.4 Å². The van der Waals surface area contributed by atoms with Crippen molar-refractivity contribution in [3.8, 4) is 5.75 Å². The van der Waals surface area contributed by atoms with Gasteiger partial charge < -0.3 is 10.4 Å². The predicted octanol–water partition coefficient (Wildman–Crippen LogP) is 5.54. The lowest BCUT2D eigenvalue weighted by atomic mass is 9.83. The van der Waals surface area contributed by atoms with Crippen LogP contribution in [0.15, 0.2) is 30.0 Å². The number of aromatic nitrogens is 2. The Morgan fingerprint density at radius 3 is 2.32 bits per heavy atom. The highest BCUT2D eigenvalue weighted by Gasteiger charge is 2.35. The van der Waals surface area contributed by atoms with Gasteiger partial charge in [-0.05, 0) is 43.2 Å². The summed E-state index contributed by atoms with van der Waals surface area (Å²) in [5.41, 5.74) is 7.20. The highest BCUT2D eigenvalue weighted by atomic mass is 16.3. The molecule has 1 aromatic heterocycles. The number of nitrogens with zero attached hydrogens (tertiary/aromatic N) is 2. The molecule has 2 aromatic rings. The normalized spacial score (nSPS) is 19.4. The van der Waals surface area contributed by atoms with Crippen molar-refractivity contribution < 1.29 is 5.11 Å². The molecule has 2 N–H and O–H groups in total. The summed E-state index contributed by atoms with van der Waals surface area (Å²) in [6.45, 7) is 17.3. The van der Waals surface area contributed by atoms with Crippen molar-refractivity contribution in [2.75, 3.05) is 0 Å². The number of imidazole rings is 1. The molecule has 0 spiro atoms. The van der Waals surface area contributed by atoms with Gasteiger partial charge in [0.1, 0.15) is 17.1 Å². The van der Waals surface area contributed by atoms with Gasteiger partial charge in [-0.2, -0.15) is 0 Å². The lowest BCUT2D eigenvalue weighted by molar-refractivity contribution is 0.453. The molecule has 4 rings (SSSR count). The number of hydrogen-bond donors (Lipinski definition) is 2. The maximum absolute atomic E-state index is 10.8. The Hall–Kier alpha value is -2.49. The van der Waals surface area contributed by atoms with E-state index in [4.69, 9.17) is 4.98 Å². The third kappa shape index (κ3) is 2.69. The molecule has 0 saturated heterocycles. The number of allylic oxidation sites excluding steroid dienone is 4. The highest BCUT2D eigenvalue weighted by Crippen LogP contribution is 2.44. The molecule has 0 saturated carbocycles. The molecule has 2 aliphatic heterocycles. The lowest BCUT2D eigenvalue weighted by Gasteiger charge is -2.37. The molecule has 0 aliphatic carbocycles. The van der Waals surface area contributed by atoms with Crippen LogP contribution in [0.5, 0.6) is 5.75 Å². The first-order chi connectivity index (χ1) is 12.9. The van der Waals surface area contributed by atoms with Crippen molar-refractivity contribution in [3.05, 3.63) is 46.9 Å². The van der Waals surface area contributed by atoms with E-state index in [-0.39, 0.29) is 22.6 Å². The average Bonchev–Trinajstić information content (AvgIpc) is 2.96. The van der Waals surface area contributed by atoms with E-state index < -0.39 is 0 Å².